The van der Waals surface area contributed by atoms with Crippen molar-refractivity contribution in [3.05, 3.63) is 65.7 Å². The summed E-state index contributed by atoms with van der Waals surface area (Å²) in [5.41, 5.74) is 2.37. The molecule has 2 heteroatoms. The van der Waals surface area contributed by atoms with Crippen LogP contribution in [-0.4, -0.2) is 6.29 Å². The smallest absolute Gasteiger partial charge is 0.123 e. The van der Waals surface area contributed by atoms with E-state index in [1.54, 1.807) is 0 Å². The van der Waals surface area contributed by atoms with Gasteiger partial charge in [0.1, 0.15) is 18.6 Å². The predicted octanol–water partition coefficient (Wildman–Crippen LogP) is 3.57. The monoisotopic (exact) mass is 252 g/mol. The first-order valence-corrected chi connectivity index (χ1v) is 6.59. The van der Waals surface area contributed by atoms with E-state index in [-0.39, 0.29) is 5.92 Å². The maximum absolute atomic E-state index is 10.7. The molecule has 0 heterocycles. The number of hydrogen-bond donors (Lipinski definition) is 0. The van der Waals surface area contributed by atoms with Gasteiger partial charge in [-0.3, -0.25) is 0 Å². The molecule has 0 aliphatic heterocycles. The molecule has 1 saturated carbocycles. The lowest BCUT2D eigenvalue weighted by atomic mass is 10.1. The number of ether oxygens (including phenoxy) is 1. The lowest BCUT2D eigenvalue weighted by molar-refractivity contribution is -0.108. The van der Waals surface area contributed by atoms with Crippen molar-refractivity contribution < 1.29 is 9.53 Å². The minimum atomic E-state index is 0.212. The van der Waals surface area contributed by atoms with Gasteiger partial charge >= 0.3 is 0 Å². The van der Waals surface area contributed by atoms with Crippen LogP contribution >= 0.6 is 0 Å². The SMILES string of the molecule is O=CC1CC1c1cccc(OCc2ccccc2)c1. The van der Waals surface area contributed by atoms with Crippen molar-refractivity contribution in [3.63, 3.8) is 0 Å². The van der Waals surface area contributed by atoms with Gasteiger partial charge in [-0.1, -0.05) is 42.5 Å². The molecular formula is C17H16O2. The van der Waals surface area contributed by atoms with Crippen LogP contribution in [0.2, 0.25) is 0 Å². The maximum Gasteiger partial charge on any atom is 0.123 e. The van der Waals surface area contributed by atoms with E-state index in [1.807, 2.05) is 42.5 Å². The predicted molar refractivity (Wildman–Crippen MR) is 74.1 cm³/mol. The van der Waals surface area contributed by atoms with Crippen LogP contribution < -0.4 is 4.74 Å². The second kappa shape index (κ2) is 5.27. The average molecular weight is 252 g/mol. The van der Waals surface area contributed by atoms with Crippen LogP contribution in [0.1, 0.15) is 23.5 Å². The van der Waals surface area contributed by atoms with Gasteiger partial charge in [-0.25, -0.2) is 0 Å². The zero-order valence-electron chi connectivity index (χ0n) is 10.7. The van der Waals surface area contributed by atoms with E-state index >= 15 is 0 Å². The summed E-state index contributed by atoms with van der Waals surface area (Å²) in [6.45, 7) is 0.575. The lowest BCUT2D eigenvalue weighted by Gasteiger charge is -2.08. The Bertz CT molecular complexity index is 562. The van der Waals surface area contributed by atoms with Gasteiger partial charge in [0.05, 0.1) is 0 Å². The minimum Gasteiger partial charge on any atom is -0.489 e. The first-order chi connectivity index (χ1) is 9.36. The number of aldehydes is 1. The van der Waals surface area contributed by atoms with E-state index < -0.39 is 0 Å². The van der Waals surface area contributed by atoms with Gasteiger partial charge in [-0.05, 0) is 35.6 Å². The molecular weight excluding hydrogens is 236 g/mol. The third kappa shape index (κ3) is 2.84. The summed E-state index contributed by atoms with van der Waals surface area (Å²) in [5, 5.41) is 0. The molecule has 0 amide bonds. The van der Waals surface area contributed by atoms with Crippen molar-refractivity contribution in [2.24, 2.45) is 5.92 Å². The first-order valence-electron chi connectivity index (χ1n) is 6.59. The van der Waals surface area contributed by atoms with Crippen molar-refractivity contribution in [2.45, 2.75) is 18.9 Å². The molecule has 2 aromatic rings. The molecule has 2 aromatic carbocycles. The molecule has 2 atom stereocenters. The van der Waals surface area contributed by atoms with Crippen molar-refractivity contribution in [1.29, 1.82) is 0 Å². The summed E-state index contributed by atoms with van der Waals surface area (Å²) in [7, 11) is 0. The molecule has 0 bridgehead atoms. The number of carbonyl (C=O) groups is 1. The van der Waals surface area contributed by atoms with E-state index in [2.05, 4.69) is 12.1 Å². The van der Waals surface area contributed by atoms with Crippen LogP contribution in [0.4, 0.5) is 0 Å². The summed E-state index contributed by atoms with van der Waals surface area (Å²) in [6, 6.07) is 18.2. The highest BCUT2D eigenvalue weighted by atomic mass is 16.5. The molecule has 2 nitrogen and oxygen atoms in total. The summed E-state index contributed by atoms with van der Waals surface area (Å²) < 4.78 is 5.79. The maximum atomic E-state index is 10.7. The van der Waals surface area contributed by atoms with Gasteiger partial charge in [0.2, 0.25) is 0 Å². The number of benzene rings is 2. The molecule has 2 unspecified atom stereocenters. The highest BCUT2D eigenvalue weighted by molar-refractivity contribution is 5.61. The lowest BCUT2D eigenvalue weighted by Crippen LogP contribution is -1.95. The Kier molecular flexibility index (Phi) is 3.32. The van der Waals surface area contributed by atoms with Crippen molar-refractivity contribution in [2.75, 3.05) is 0 Å². The highest BCUT2D eigenvalue weighted by Crippen LogP contribution is 2.46. The third-order valence-electron chi connectivity index (χ3n) is 3.55. The second-order valence-corrected chi connectivity index (χ2v) is 4.99. The van der Waals surface area contributed by atoms with Gasteiger partial charge in [0.25, 0.3) is 0 Å². The number of hydrogen-bond acceptors (Lipinski definition) is 2. The fraction of sp³-hybridized carbons (Fsp3) is 0.235. The fourth-order valence-corrected chi connectivity index (χ4v) is 2.32. The zero-order valence-corrected chi connectivity index (χ0v) is 10.7. The topological polar surface area (TPSA) is 26.3 Å². The Balaban J connectivity index is 1.65. The van der Waals surface area contributed by atoms with Gasteiger partial charge in [-0.2, -0.15) is 0 Å². The van der Waals surface area contributed by atoms with Crippen LogP contribution in [0.25, 0.3) is 0 Å². The van der Waals surface area contributed by atoms with E-state index in [0.29, 0.717) is 12.5 Å². The molecule has 1 aliphatic carbocycles. The molecule has 3 rings (SSSR count). The van der Waals surface area contributed by atoms with Crippen molar-refractivity contribution >= 4 is 6.29 Å². The van der Waals surface area contributed by atoms with E-state index in [4.69, 9.17) is 4.74 Å². The van der Waals surface area contributed by atoms with E-state index in [9.17, 15) is 4.79 Å². The van der Waals surface area contributed by atoms with Crippen LogP contribution in [-0.2, 0) is 11.4 Å². The molecule has 1 fully saturated rings. The fourth-order valence-electron chi connectivity index (χ4n) is 2.32. The molecule has 0 aromatic heterocycles. The molecule has 1 aliphatic rings. The van der Waals surface area contributed by atoms with Gasteiger partial charge < -0.3 is 9.53 Å². The first kappa shape index (κ1) is 12.0. The Morgan fingerprint density at radius 3 is 2.68 bits per heavy atom. The normalized spacial score (nSPS) is 20.8. The average Bonchev–Trinajstić information content (AvgIpc) is 3.26. The quantitative estimate of drug-likeness (QED) is 0.760. The number of carbonyl (C=O) groups excluding carboxylic acids is 1. The van der Waals surface area contributed by atoms with Crippen molar-refractivity contribution in [3.8, 4) is 5.75 Å². The van der Waals surface area contributed by atoms with Crippen LogP contribution in [0.5, 0.6) is 5.75 Å². The van der Waals surface area contributed by atoms with Crippen LogP contribution in [0.15, 0.2) is 54.6 Å². The van der Waals surface area contributed by atoms with Gasteiger partial charge in [0, 0.05) is 5.92 Å². The van der Waals surface area contributed by atoms with Crippen molar-refractivity contribution in [1.82, 2.24) is 0 Å². The largest absolute Gasteiger partial charge is 0.489 e. The molecule has 0 radical (unpaired) electrons. The molecule has 0 saturated heterocycles. The van der Waals surface area contributed by atoms with Crippen LogP contribution in [0, 0.1) is 5.92 Å². The Morgan fingerprint density at radius 2 is 1.95 bits per heavy atom. The number of rotatable bonds is 5. The molecule has 96 valence electrons. The summed E-state index contributed by atoms with van der Waals surface area (Å²) in [6.07, 6.45) is 2.04. The molecule has 0 spiro atoms. The summed E-state index contributed by atoms with van der Waals surface area (Å²) >= 11 is 0. The Hall–Kier alpha value is -2.09. The van der Waals surface area contributed by atoms with Gasteiger partial charge in [-0.15, -0.1) is 0 Å². The Morgan fingerprint density at radius 1 is 1.11 bits per heavy atom. The Labute approximate surface area is 113 Å². The highest BCUT2D eigenvalue weighted by Gasteiger charge is 2.37. The molecule has 0 N–H and O–H groups in total. The summed E-state index contributed by atoms with van der Waals surface area (Å²) in [4.78, 5) is 10.7. The second-order valence-electron chi connectivity index (χ2n) is 4.99. The van der Waals surface area contributed by atoms with E-state index in [1.165, 1.54) is 5.56 Å². The van der Waals surface area contributed by atoms with Crippen LogP contribution in [0.3, 0.4) is 0 Å². The van der Waals surface area contributed by atoms with Gasteiger partial charge in [0.15, 0.2) is 0 Å². The standard InChI is InChI=1S/C17H16O2/c18-11-15-10-17(15)14-7-4-8-16(9-14)19-12-13-5-2-1-3-6-13/h1-9,11,15,17H,10,12H2. The zero-order chi connectivity index (χ0) is 13.1. The third-order valence-corrected chi connectivity index (χ3v) is 3.55. The molecule has 19 heavy (non-hydrogen) atoms. The minimum absolute atomic E-state index is 0.212. The summed E-state index contributed by atoms with van der Waals surface area (Å²) in [5.74, 6) is 1.49. The van der Waals surface area contributed by atoms with E-state index in [0.717, 1.165) is 24.0 Å².